The normalized spacial score (nSPS) is 18.3. The Hall–Kier alpha value is -3.68. The third-order valence-corrected chi connectivity index (χ3v) is 5.11. The Bertz CT molecular complexity index is 1010. The number of carboxylic acid groups (broad SMARTS) is 1. The van der Waals surface area contributed by atoms with Crippen molar-refractivity contribution in [3.63, 3.8) is 0 Å². The molecule has 0 aliphatic carbocycles. The molecule has 156 valence electrons. The van der Waals surface area contributed by atoms with Crippen molar-refractivity contribution in [2.24, 2.45) is 0 Å². The summed E-state index contributed by atoms with van der Waals surface area (Å²) in [4.78, 5) is 50.3. The number of aliphatic carboxylic acids is 1. The maximum atomic E-state index is 13.2. The predicted octanol–water partition coefficient (Wildman–Crippen LogP) is 2.55. The fourth-order valence-corrected chi connectivity index (χ4v) is 3.58. The summed E-state index contributed by atoms with van der Waals surface area (Å²) in [5, 5.41) is 14.4. The third kappa shape index (κ3) is 4.17. The molecular weight excluding hydrogens is 386 g/mol. The molecule has 1 aliphatic rings. The topological polar surface area (TPSA) is 116 Å². The Morgan fingerprint density at radius 1 is 1.10 bits per heavy atom. The second kappa shape index (κ2) is 8.36. The molecule has 1 saturated heterocycles. The van der Waals surface area contributed by atoms with Crippen molar-refractivity contribution in [1.29, 1.82) is 0 Å². The summed E-state index contributed by atoms with van der Waals surface area (Å²) in [6.45, 7) is 3.31. The lowest BCUT2D eigenvalue weighted by molar-refractivity contribution is -0.138. The first-order chi connectivity index (χ1) is 14.2. The molecule has 2 aromatic rings. The van der Waals surface area contributed by atoms with Gasteiger partial charge >= 0.3 is 12.0 Å². The number of urea groups is 1. The van der Waals surface area contributed by atoms with Gasteiger partial charge in [-0.2, -0.15) is 0 Å². The zero-order valence-electron chi connectivity index (χ0n) is 16.8. The van der Waals surface area contributed by atoms with Gasteiger partial charge in [0.2, 0.25) is 5.91 Å². The van der Waals surface area contributed by atoms with Gasteiger partial charge in [0, 0.05) is 12.1 Å². The second-order valence-electron chi connectivity index (χ2n) is 7.35. The van der Waals surface area contributed by atoms with Crippen molar-refractivity contribution in [2.75, 3.05) is 11.9 Å². The molecule has 0 bridgehead atoms. The molecule has 0 saturated carbocycles. The van der Waals surface area contributed by atoms with Crippen LogP contribution in [0.2, 0.25) is 0 Å². The van der Waals surface area contributed by atoms with E-state index in [9.17, 15) is 19.2 Å². The van der Waals surface area contributed by atoms with E-state index < -0.39 is 35.9 Å². The minimum Gasteiger partial charge on any atom is -0.481 e. The largest absolute Gasteiger partial charge is 0.481 e. The lowest BCUT2D eigenvalue weighted by Gasteiger charge is -2.26. The number of carbonyl (C=O) groups is 4. The number of carbonyl (C=O) groups excluding carboxylic acids is 3. The molecule has 4 amide bonds. The molecule has 30 heavy (non-hydrogen) atoms. The van der Waals surface area contributed by atoms with E-state index in [1.54, 1.807) is 36.4 Å². The molecule has 1 fully saturated rings. The van der Waals surface area contributed by atoms with Crippen molar-refractivity contribution in [3.05, 3.63) is 65.2 Å². The molecule has 8 nitrogen and oxygen atoms in total. The SMILES string of the molecule is Cc1ccc(NC(=O)CN2C(=O)N[C@](CCC(=O)O)(c3ccccc3)C2=O)c(C)c1. The van der Waals surface area contributed by atoms with Crippen LogP contribution in [0.25, 0.3) is 0 Å². The number of rotatable bonds is 7. The number of amides is 4. The van der Waals surface area contributed by atoms with Crippen LogP contribution in [0.15, 0.2) is 48.5 Å². The first kappa shape index (κ1) is 21.0. The molecule has 8 heteroatoms. The molecule has 0 radical (unpaired) electrons. The van der Waals surface area contributed by atoms with Crippen LogP contribution in [-0.2, 0) is 19.9 Å². The molecule has 1 heterocycles. The summed E-state index contributed by atoms with van der Waals surface area (Å²) in [6, 6.07) is 13.3. The third-order valence-electron chi connectivity index (χ3n) is 5.11. The molecule has 0 unspecified atom stereocenters. The Morgan fingerprint density at radius 2 is 1.80 bits per heavy atom. The molecule has 0 aromatic heterocycles. The van der Waals surface area contributed by atoms with Crippen LogP contribution in [0.3, 0.4) is 0 Å². The smallest absolute Gasteiger partial charge is 0.325 e. The van der Waals surface area contributed by atoms with Gasteiger partial charge < -0.3 is 15.7 Å². The van der Waals surface area contributed by atoms with Gasteiger partial charge in [-0.3, -0.25) is 19.3 Å². The zero-order valence-corrected chi connectivity index (χ0v) is 16.8. The minimum absolute atomic E-state index is 0.119. The quantitative estimate of drug-likeness (QED) is 0.608. The van der Waals surface area contributed by atoms with Gasteiger partial charge in [-0.05, 0) is 37.5 Å². The van der Waals surface area contributed by atoms with Crippen molar-refractivity contribution < 1.29 is 24.3 Å². The molecule has 1 aliphatic heterocycles. The second-order valence-corrected chi connectivity index (χ2v) is 7.35. The summed E-state index contributed by atoms with van der Waals surface area (Å²) < 4.78 is 0. The number of benzene rings is 2. The monoisotopic (exact) mass is 409 g/mol. The fourth-order valence-electron chi connectivity index (χ4n) is 3.58. The minimum atomic E-state index is -1.52. The maximum Gasteiger partial charge on any atom is 0.325 e. The molecular formula is C22H23N3O5. The summed E-state index contributed by atoms with van der Waals surface area (Å²) in [7, 11) is 0. The fraction of sp³-hybridized carbons (Fsp3) is 0.273. The van der Waals surface area contributed by atoms with Gasteiger partial charge in [-0.25, -0.2) is 4.79 Å². The first-order valence-corrected chi connectivity index (χ1v) is 9.51. The lowest BCUT2D eigenvalue weighted by atomic mass is 9.85. The number of hydrogen-bond acceptors (Lipinski definition) is 4. The number of imide groups is 1. The van der Waals surface area contributed by atoms with Crippen molar-refractivity contribution in [1.82, 2.24) is 10.2 Å². The van der Waals surface area contributed by atoms with E-state index in [4.69, 9.17) is 5.11 Å². The predicted molar refractivity (Wildman–Crippen MR) is 110 cm³/mol. The highest BCUT2D eigenvalue weighted by Crippen LogP contribution is 2.33. The number of nitrogens with one attached hydrogen (secondary N) is 2. The van der Waals surface area contributed by atoms with Crippen LogP contribution in [0.4, 0.5) is 10.5 Å². The van der Waals surface area contributed by atoms with E-state index in [1.807, 2.05) is 26.0 Å². The van der Waals surface area contributed by atoms with Crippen molar-refractivity contribution in [2.45, 2.75) is 32.2 Å². The number of hydrogen-bond donors (Lipinski definition) is 3. The van der Waals surface area contributed by atoms with Gasteiger partial charge in [-0.1, -0.05) is 48.0 Å². The highest BCUT2D eigenvalue weighted by Gasteiger charge is 2.52. The van der Waals surface area contributed by atoms with E-state index in [0.717, 1.165) is 16.0 Å². The number of carboxylic acids is 1. The number of anilines is 1. The van der Waals surface area contributed by atoms with Gasteiger partial charge in [0.15, 0.2) is 0 Å². The van der Waals surface area contributed by atoms with E-state index >= 15 is 0 Å². The van der Waals surface area contributed by atoms with Crippen molar-refractivity contribution >= 4 is 29.5 Å². The summed E-state index contributed by atoms with van der Waals surface area (Å²) in [5.74, 6) is -2.25. The zero-order chi connectivity index (χ0) is 21.9. The molecule has 1 atom stereocenters. The number of aryl methyl sites for hydroxylation is 2. The summed E-state index contributed by atoms with van der Waals surface area (Å²) in [5.41, 5.74) is 1.46. The Morgan fingerprint density at radius 3 is 2.43 bits per heavy atom. The van der Waals surface area contributed by atoms with Crippen LogP contribution in [0, 0.1) is 13.8 Å². The van der Waals surface area contributed by atoms with E-state index in [-0.39, 0.29) is 12.8 Å². The summed E-state index contributed by atoms with van der Waals surface area (Å²) >= 11 is 0. The van der Waals surface area contributed by atoms with Crippen LogP contribution >= 0.6 is 0 Å². The summed E-state index contributed by atoms with van der Waals surface area (Å²) in [6.07, 6.45) is -0.435. The molecule has 3 N–H and O–H groups in total. The number of nitrogens with zero attached hydrogens (tertiary/aromatic N) is 1. The van der Waals surface area contributed by atoms with Crippen LogP contribution in [0.1, 0.15) is 29.5 Å². The van der Waals surface area contributed by atoms with Gasteiger partial charge in [0.1, 0.15) is 12.1 Å². The Balaban J connectivity index is 1.82. The highest BCUT2D eigenvalue weighted by atomic mass is 16.4. The average molecular weight is 409 g/mol. The van der Waals surface area contributed by atoms with Crippen LogP contribution in [-0.4, -0.2) is 40.4 Å². The van der Waals surface area contributed by atoms with E-state index in [0.29, 0.717) is 11.3 Å². The lowest BCUT2D eigenvalue weighted by Crippen LogP contribution is -2.45. The van der Waals surface area contributed by atoms with Gasteiger partial charge in [0.05, 0.1) is 0 Å². The average Bonchev–Trinajstić information content (AvgIpc) is 2.94. The standard InChI is InChI=1S/C22H23N3O5/c1-14-8-9-17(15(2)12-14)23-18(26)13-25-20(29)22(24-21(25)30,11-10-19(27)28)16-6-4-3-5-7-16/h3-9,12H,10-11,13H2,1-2H3,(H,23,26)(H,24,30)(H,27,28)/t22-/m1/s1. The van der Waals surface area contributed by atoms with E-state index in [2.05, 4.69) is 10.6 Å². The van der Waals surface area contributed by atoms with Gasteiger partial charge in [-0.15, -0.1) is 0 Å². The van der Waals surface area contributed by atoms with Crippen LogP contribution in [0.5, 0.6) is 0 Å². The highest BCUT2D eigenvalue weighted by molar-refractivity contribution is 6.10. The van der Waals surface area contributed by atoms with E-state index in [1.165, 1.54) is 0 Å². The van der Waals surface area contributed by atoms with Crippen LogP contribution < -0.4 is 10.6 Å². The molecule has 2 aromatic carbocycles. The van der Waals surface area contributed by atoms with Crippen molar-refractivity contribution in [3.8, 4) is 0 Å². The Labute approximate surface area is 173 Å². The Kier molecular flexibility index (Phi) is 5.86. The first-order valence-electron chi connectivity index (χ1n) is 9.51. The molecule has 0 spiro atoms. The molecule has 3 rings (SSSR count). The van der Waals surface area contributed by atoms with Gasteiger partial charge in [0.25, 0.3) is 5.91 Å². The maximum absolute atomic E-state index is 13.2.